The van der Waals surface area contributed by atoms with Gasteiger partial charge in [-0.05, 0) is 61.7 Å². The molecule has 1 atom stereocenters. The van der Waals surface area contributed by atoms with E-state index in [-0.39, 0.29) is 5.91 Å². The van der Waals surface area contributed by atoms with Gasteiger partial charge in [0.2, 0.25) is 0 Å². The number of hydrogen-bond acceptors (Lipinski definition) is 4. The van der Waals surface area contributed by atoms with Crippen LogP contribution in [0.5, 0.6) is 0 Å². The Labute approximate surface area is 235 Å². The average Bonchev–Trinajstić information content (AvgIpc) is 3.58. The lowest BCUT2D eigenvalue weighted by atomic mass is 9.81. The molecule has 0 saturated carbocycles. The number of aliphatic carboxylic acids is 1. The maximum atomic E-state index is 13.8. The van der Waals surface area contributed by atoms with Gasteiger partial charge in [0, 0.05) is 33.9 Å². The SMILES string of the molecule is Cc1ccc2c(c1)c(/C=C/C(=O)O)c1n2C[C@@](NC(=O)c2ccc(-n3cnnc3)cc2Cl)(c2ccccc2)CC1. The van der Waals surface area contributed by atoms with E-state index in [0.29, 0.717) is 30.0 Å². The Morgan fingerprint density at radius 3 is 2.55 bits per heavy atom. The molecule has 0 spiro atoms. The molecular weight excluding hydrogens is 526 g/mol. The number of aryl methyl sites for hydroxylation is 1. The molecule has 5 aromatic rings. The van der Waals surface area contributed by atoms with Crippen molar-refractivity contribution in [2.75, 3.05) is 0 Å². The van der Waals surface area contributed by atoms with E-state index in [0.717, 1.165) is 39.0 Å². The quantitative estimate of drug-likeness (QED) is 0.269. The lowest BCUT2D eigenvalue weighted by Gasteiger charge is -2.40. The number of fused-ring (bicyclic) bond motifs is 3. The first-order valence-electron chi connectivity index (χ1n) is 12.9. The Morgan fingerprint density at radius 2 is 1.82 bits per heavy atom. The Kier molecular flexibility index (Phi) is 6.48. The minimum Gasteiger partial charge on any atom is -0.478 e. The molecule has 200 valence electrons. The molecule has 6 rings (SSSR count). The van der Waals surface area contributed by atoms with Crippen molar-refractivity contribution in [1.29, 1.82) is 0 Å². The van der Waals surface area contributed by atoms with Gasteiger partial charge in [-0.15, -0.1) is 10.2 Å². The molecule has 3 aromatic carbocycles. The fraction of sp³-hybridized carbons (Fsp3) is 0.161. The van der Waals surface area contributed by atoms with Crippen LogP contribution in [0.25, 0.3) is 22.7 Å². The van der Waals surface area contributed by atoms with Crippen LogP contribution in [-0.2, 0) is 23.3 Å². The molecule has 9 heteroatoms. The molecule has 0 radical (unpaired) electrons. The van der Waals surface area contributed by atoms with Gasteiger partial charge in [-0.3, -0.25) is 9.36 Å². The number of carboxylic acids is 1. The summed E-state index contributed by atoms with van der Waals surface area (Å²) in [6, 6.07) is 21.4. The van der Waals surface area contributed by atoms with Crippen molar-refractivity contribution in [2.45, 2.75) is 31.8 Å². The molecule has 3 heterocycles. The molecule has 0 saturated heterocycles. The number of carboxylic acid groups (broad SMARTS) is 1. The van der Waals surface area contributed by atoms with Gasteiger partial charge >= 0.3 is 5.97 Å². The zero-order valence-electron chi connectivity index (χ0n) is 21.7. The molecule has 1 aliphatic rings. The molecule has 0 unspecified atom stereocenters. The van der Waals surface area contributed by atoms with E-state index in [2.05, 4.69) is 38.3 Å². The average molecular weight is 552 g/mol. The molecule has 40 heavy (non-hydrogen) atoms. The summed E-state index contributed by atoms with van der Waals surface area (Å²) >= 11 is 6.61. The van der Waals surface area contributed by atoms with Gasteiger partial charge in [0.15, 0.2) is 0 Å². The second-order valence-electron chi connectivity index (χ2n) is 10.1. The van der Waals surface area contributed by atoms with Crippen LogP contribution in [0.4, 0.5) is 0 Å². The van der Waals surface area contributed by atoms with Crippen LogP contribution in [0.15, 0.2) is 85.5 Å². The smallest absolute Gasteiger partial charge is 0.328 e. The van der Waals surface area contributed by atoms with Crippen molar-refractivity contribution >= 4 is 40.5 Å². The molecule has 1 amide bonds. The Morgan fingerprint density at radius 1 is 1.05 bits per heavy atom. The number of rotatable bonds is 6. The van der Waals surface area contributed by atoms with Crippen LogP contribution in [0.3, 0.4) is 0 Å². The number of carbonyl (C=O) groups excluding carboxylic acids is 1. The van der Waals surface area contributed by atoms with E-state index in [4.69, 9.17) is 11.6 Å². The van der Waals surface area contributed by atoms with Crippen molar-refractivity contribution in [3.8, 4) is 5.69 Å². The maximum absolute atomic E-state index is 13.8. The molecule has 2 N–H and O–H groups in total. The largest absolute Gasteiger partial charge is 0.478 e. The van der Waals surface area contributed by atoms with Crippen LogP contribution in [0, 0.1) is 6.92 Å². The third-order valence-corrected chi connectivity index (χ3v) is 7.89. The van der Waals surface area contributed by atoms with E-state index in [1.165, 1.54) is 6.08 Å². The molecule has 2 aromatic heterocycles. The summed E-state index contributed by atoms with van der Waals surface area (Å²) in [5, 5.41) is 21.6. The number of aromatic nitrogens is 4. The first-order valence-corrected chi connectivity index (χ1v) is 13.3. The van der Waals surface area contributed by atoms with Crippen molar-refractivity contribution in [3.63, 3.8) is 0 Å². The van der Waals surface area contributed by atoms with Crippen molar-refractivity contribution < 1.29 is 14.7 Å². The van der Waals surface area contributed by atoms with Crippen molar-refractivity contribution in [2.24, 2.45) is 0 Å². The minimum absolute atomic E-state index is 0.272. The zero-order valence-corrected chi connectivity index (χ0v) is 22.5. The lowest BCUT2D eigenvalue weighted by molar-refractivity contribution is -0.131. The number of halogens is 1. The summed E-state index contributed by atoms with van der Waals surface area (Å²) in [7, 11) is 0. The number of benzene rings is 3. The van der Waals surface area contributed by atoms with E-state index >= 15 is 0 Å². The van der Waals surface area contributed by atoms with E-state index in [1.54, 1.807) is 41.5 Å². The molecule has 8 nitrogen and oxygen atoms in total. The van der Waals surface area contributed by atoms with E-state index in [1.807, 2.05) is 37.3 Å². The second kappa shape index (κ2) is 10.1. The summed E-state index contributed by atoms with van der Waals surface area (Å²) in [5.74, 6) is -1.26. The predicted molar refractivity (Wildman–Crippen MR) is 154 cm³/mol. The number of carbonyl (C=O) groups is 2. The zero-order chi connectivity index (χ0) is 27.9. The molecule has 0 fully saturated rings. The second-order valence-corrected chi connectivity index (χ2v) is 10.5. The number of amides is 1. The van der Waals surface area contributed by atoms with Crippen LogP contribution >= 0.6 is 11.6 Å². The van der Waals surface area contributed by atoms with Crippen LogP contribution < -0.4 is 5.32 Å². The fourth-order valence-corrected chi connectivity index (χ4v) is 5.91. The number of nitrogens with one attached hydrogen (secondary N) is 1. The summed E-state index contributed by atoms with van der Waals surface area (Å²) in [4.78, 5) is 25.2. The van der Waals surface area contributed by atoms with E-state index in [9.17, 15) is 14.7 Å². The number of nitrogens with zero attached hydrogens (tertiary/aromatic N) is 4. The summed E-state index contributed by atoms with van der Waals surface area (Å²) in [6.45, 7) is 2.50. The summed E-state index contributed by atoms with van der Waals surface area (Å²) < 4.78 is 3.93. The predicted octanol–water partition coefficient (Wildman–Crippen LogP) is 5.55. The minimum atomic E-state index is -0.991. The van der Waals surface area contributed by atoms with Gasteiger partial charge < -0.3 is 15.0 Å². The molecule has 0 bridgehead atoms. The fourth-order valence-electron chi connectivity index (χ4n) is 5.65. The Balaban J connectivity index is 1.42. The normalized spacial score (nSPS) is 16.8. The Hall–Kier alpha value is -4.69. The summed E-state index contributed by atoms with van der Waals surface area (Å²) in [6.07, 6.45) is 7.27. The molecular formula is C31H26ClN5O3. The van der Waals surface area contributed by atoms with Gasteiger partial charge in [-0.25, -0.2) is 4.79 Å². The standard InChI is InChI=1S/C31H26ClN5O3/c1-20-7-11-27-25(15-20)23(10-12-29(38)39)28-13-14-31(17-37(27)28,21-5-3-2-4-6-21)35-30(40)24-9-8-22(16-26(24)32)36-18-33-34-19-36/h2-12,15-16,18-19H,13-14,17H2,1H3,(H,35,40)(H,38,39)/b12-10+/t31-/m1/s1. The van der Waals surface area contributed by atoms with Crippen LogP contribution in [-0.4, -0.2) is 36.3 Å². The topological polar surface area (TPSA) is 102 Å². The van der Waals surface area contributed by atoms with Gasteiger partial charge in [0.25, 0.3) is 5.91 Å². The molecule has 1 aliphatic heterocycles. The highest BCUT2D eigenvalue weighted by molar-refractivity contribution is 6.34. The highest BCUT2D eigenvalue weighted by Crippen LogP contribution is 2.40. The maximum Gasteiger partial charge on any atom is 0.328 e. The van der Waals surface area contributed by atoms with E-state index < -0.39 is 11.5 Å². The monoisotopic (exact) mass is 551 g/mol. The third-order valence-electron chi connectivity index (χ3n) is 7.57. The van der Waals surface area contributed by atoms with Gasteiger partial charge in [-0.2, -0.15) is 0 Å². The highest BCUT2D eigenvalue weighted by Gasteiger charge is 2.39. The highest BCUT2D eigenvalue weighted by atomic mass is 35.5. The number of hydrogen-bond donors (Lipinski definition) is 2. The lowest BCUT2D eigenvalue weighted by Crippen LogP contribution is -2.51. The Bertz CT molecular complexity index is 1780. The molecule has 0 aliphatic carbocycles. The van der Waals surface area contributed by atoms with Crippen molar-refractivity contribution in [3.05, 3.63) is 118 Å². The van der Waals surface area contributed by atoms with Crippen LogP contribution in [0.1, 0.15) is 39.2 Å². The summed E-state index contributed by atoms with van der Waals surface area (Å²) in [5.41, 5.74) is 5.44. The van der Waals surface area contributed by atoms with Crippen molar-refractivity contribution in [1.82, 2.24) is 24.6 Å². The van der Waals surface area contributed by atoms with Gasteiger partial charge in [-0.1, -0.05) is 53.6 Å². The first kappa shape index (κ1) is 25.6. The van der Waals surface area contributed by atoms with Crippen LogP contribution in [0.2, 0.25) is 5.02 Å². The van der Waals surface area contributed by atoms with Gasteiger partial charge in [0.05, 0.1) is 22.7 Å². The van der Waals surface area contributed by atoms with Gasteiger partial charge in [0.1, 0.15) is 12.7 Å². The third kappa shape index (κ3) is 4.56. The first-order chi connectivity index (χ1) is 19.3.